The highest BCUT2D eigenvalue weighted by Crippen LogP contribution is 2.16. The third-order valence-electron chi connectivity index (χ3n) is 3.82. The average Bonchev–Trinajstić information content (AvgIpc) is 2.61. The smallest absolute Gasteiger partial charge is 0.253 e. The molecule has 0 aliphatic carbocycles. The molecule has 0 atom stereocenters. The lowest BCUT2D eigenvalue weighted by molar-refractivity contribution is 0.0773. The molecule has 7 heteroatoms. The minimum absolute atomic E-state index is 0.0314. The molecule has 5 nitrogen and oxygen atoms in total. The third-order valence-corrected chi connectivity index (χ3v) is 5.46. The van der Waals surface area contributed by atoms with E-state index in [1.165, 1.54) is 12.1 Å². The maximum absolute atomic E-state index is 12.3. The molecule has 0 aromatic heterocycles. The summed E-state index contributed by atoms with van der Waals surface area (Å²) in [5.41, 5.74) is 1.35. The first-order valence-electron chi connectivity index (χ1n) is 8.00. The highest BCUT2D eigenvalue weighted by Gasteiger charge is 2.15. The zero-order chi connectivity index (χ0) is 18.4. The van der Waals surface area contributed by atoms with Gasteiger partial charge in [0.05, 0.1) is 4.90 Å². The minimum atomic E-state index is -3.64. The summed E-state index contributed by atoms with van der Waals surface area (Å²) in [7, 11) is -3.64. The van der Waals surface area contributed by atoms with E-state index in [1.807, 2.05) is 13.8 Å². The minimum Gasteiger partial charge on any atom is -0.339 e. The van der Waals surface area contributed by atoms with Gasteiger partial charge in [0.1, 0.15) is 0 Å². The molecule has 0 saturated heterocycles. The zero-order valence-corrected chi connectivity index (χ0v) is 15.8. The Labute approximate surface area is 153 Å². The largest absolute Gasteiger partial charge is 0.339 e. The number of hydrogen-bond donors (Lipinski definition) is 1. The molecule has 0 unspecified atom stereocenters. The van der Waals surface area contributed by atoms with Gasteiger partial charge in [0.2, 0.25) is 10.0 Å². The fourth-order valence-corrected chi connectivity index (χ4v) is 3.67. The molecule has 2 aromatic carbocycles. The number of halogens is 1. The van der Waals surface area contributed by atoms with Crippen LogP contribution >= 0.6 is 11.6 Å². The second-order valence-electron chi connectivity index (χ2n) is 5.46. The number of nitrogens with one attached hydrogen (secondary N) is 1. The van der Waals surface area contributed by atoms with Crippen molar-refractivity contribution in [2.75, 3.05) is 13.1 Å². The average molecular weight is 381 g/mol. The number of amides is 1. The molecule has 0 aliphatic heterocycles. The van der Waals surface area contributed by atoms with Gasteiger partial charge in [0.15, 0.2) is 0 Å². The van der Waals surface area contributed by atoms with E-state index in [1.54, 1.807) is 41.3 Å². The molecule has 0 bridgehead atoms. The van der Waals surface area contributed by atoms with Gasteiger partial charge in [0, 0.05) is 30.2 Å². The Hall–Kier alpha value is -1.89. The molecule has 2 rings (SSSR count). The summed E-state index contributed by atoms with van der Waals surface area (Å²) < 4.78 is 27.1. The van der Waals surface area contributed by atoms with Crippen molar-refractivity contribution in [2.24, 2.45) is 0 Å². The van der Waals surface area contributed by atoms with Crippen LogP contribution in [0.5, 0.6) is 0 Å². The van der Waals surface area contributed by atoms with Crippen LogP contribution in [-0.2, 0) is 16.6 Å². The first kappa shape index (κ1) is 19.4. The van der Waals surface area contributed by atoms with E-state index >= 15 is 0 Å². The van der Waals surface area contributed by atoms with Crippen LogP contribution in [0.15, 0.2) is 53.4 Å². The van der Waals surface area contributed by atoms with Crippen LogP contribution in [0.4, 0.5) is 0 Å². The number of carbonyl (C=O) groups is 1. The van der Waals surface area contributed by atoms with Crippen LogP contribution < -0.4 is 4.72 Å². The first-order valence-corrected chi connectivity index (χ1v) is 9.87. The number of rotatable bonds is 7. The van der Waals surface area contributed by atoms with Gasteiger partial charge in [-0.15, -0.1) is 0 Å². The van der Waals surface area contributed by atoms with Gasteiger partial charge < -0.3 is 4.90 Å². The highest BCUT2D eigenvalue weighted by molar-refractivity contribution is 7.89. The number of carbonyl (C=O) groups excluding carboxylic acids is 1. The van der Waals surface area contributed by atoms with Crippen molar-refractivity contribution in [3.05, 3.63) is 64.7 Å². The van der Waals surface area contributed by atoms with Gasteiger partial charge in [-0.05, 0) is 49.7 Å². The number of sulfonamides is 1. The predicted molar refractivity (Wildman–Crippen MR) is 99.2 cm³/mol. The van der Waals surface area contributed by atoms with Crippen LogP contribution in [0.3, 0.4) is 0 Å². The van der Waals surface area contributed by atoms with Gasteiger partial charge in [-0.2, -0.15) is 0 Å². The van der Waals surface area contributed by atoms with Crippen molar-refractivity contribution in [2.45, 2.75) is 25.3 Å². The van der Waals surface area contributed by atoms with Crippen LogP contribution in [0.1, 0.15) is 29.8 Å². The summed E-state index contributed by atoms with van der Waals surface area (Å²) >= 11 is 5.84. The number of hydrogen-bond acceptors (Lipinski definition) is 3. The van der Waals surface area contributed by atoms with E-state index in [2.05, 4.69) is 4.72 Å². The molecule has 0 saturated carbocycles. The summed E-state index contributed by atoms with van der Waals surface area (Å²) in [5, 5.41) is 0.363. The Bertz CT molecular complexity index is 832. The van der Waals surface area contributed by atoms with E-state index in [0.717, 1.165) is 5.56 Å². The Kier molecular flexibility index (Phi) is 6.58. The molecule has 0 fully saturated rings. The second kappa shape index (κ2) is 8.47. The fourth-order valence-electron chi connectivity index (χ4n) is 2.35. The van der Waals surface area contributed by atoms with Crippen molar-refractivity contribution in [1.29, 1.82) is 0 Å². The van der Waals surface area contributed by atoms with Gasteiger partial charge >= 0.3 is 0 Å². The quantitative estimate of drug-likeness (QED) is 0.801. The van der Waals surface area contributed by atoms with Gasteiger partial charge in [-0.3, -0.25) is 4.79 Å². The molecule has 0 aliphatic rings. The summed E-state index contributed by atoms with van der Waals surface area (Å²) in [6, 6.07) is 13.0. The van der Waals surface area contributed by atoms with Crippen molar-refractivity contribution >= 4 is 27.5 Å². The van der Waals surface area contributed by atoms with E-state index in [9.17, 15) is 13.2 Å². The zero-order valence-electron chi connectivity index (χ0n) is 14.2. The molecule has 1 N–H and O–H groups in total. The third kappa shape index (κ3) is 5.04. The topological polar surface area (TPSA) is 66.5 Å². The molecule has 0 spiro atoms. The van der Waals surface area contributed by atoms with Gasteiger partial charge in [0.25, 0.3) is 5.91 Å². The molecule has 0 heterocycles. The van der Waals surface area contributed by atoms with Crippen molar-refractivity contribution in [1.82, 2.24) is 9.62 Å². The van der Waals surface area contributed by atoms with Crippen LogP contribution in [0, 0.1) is 0 Å². The molecule has 25 heavy (non-hydrogen) atoms. The Morgan fingerprint density at radius 3 is 2.28 bits per heavy atom. The lowest BCUT2D eigenvalue weighted by atomic mass is 10.1. The summed E-state index contributed by atoms with van der Waals surface area (Å²) in [4.78, 5) is 14.1. The molecule has 1 amide bonds. The van der Waals surface area contributed by atoms with Crippen LogP contribution in [-0.4, -0.2) is 32.3 Å². The van der Waals surface area contributed by atoms with Crippen LogP contribution in [0.2, 0.25) is 5.02 Å². The maximum atomic E-state index is 12.3. The lowest BCUT2D eigenvalue weighted by Gasteiger charge is -2.18. The lowest BCUT2D eigenvalue weighted by Crippen LogP contribution is -2.30. The standard InChI is InChI=1S/C18H21ClN2O3S/c1-3-21(4-2)18(22)15-10-8-14(9-11-15)13-20-25(23,24)17-7-5-6-16(19)12-17/h5-12,20H,3-4,13H2,1-2H3. The Balaban J connectivity index is 2.05. The summed E-state index contributed by atoms with van der Waals surface area (Å²) in [6.45, 7) is 5.29. The number of nitrogens with zero attached hydrogens (tertiary/aromatic N) is 1. The van der Waals surface area contributed by atoms with Gasteiger partial charge in [-0.25, -0.2) is 13.1 Å². The first-order chi connectivity index (χ1) is 11.9. The van der Waals surface area contributed by atoms with E-state index in [-0.39, 0.29) is 17.3 Å². The van der Waals surface area contributed by atoms with Crippen molar-refractivity contribution in [3.8, 4) is 0 Å². The number of benzene rings is 2. The second-order valence-corrected chi connectivity index (χ2v) is 7.66. The Morgan fingerprint density at radius 2 is 1.72 bits per heavy atom. The maximum Gasteiger partial charge on any atom is 0.253 e. The van der Waals surface area contributed by atoms with E-state index < -0.39 is 10.0 Å². The predicted octanol–water partition coefficient (Wildman–Crippen LogP) is 3.30. The van der Waals surface area contributed by atoms with E-state index in [4.69, 9.17) is 11.6 Å². The molecular formula is C18H21ClN2O3S. The molecule has 134 valence electrons. The SMILES string of the molecule is CCN(CC)C(=O)c1ccc(CNS(=O)(=O)c2cccc(Cl)c2)cc1. The molecule has 2 aromatic rings. The molecule has 0 radical (unpaired) electrons. The van der Waals surface area contributed by atoms with Crippen molar-refractivity contribution < 1.29 is 13.2 Å². The molecular weight excluding hydrogens is 360 g/mol. The fraction of sp³-hybridized carbons (Fsp3) is 0.278. The normalized spacial score (nSPS) is 11.3. The van der Waals surface area contributed by atoms with Crippen molar-refractivity contribution in [3.63, 3.8) is 0 Å². The van der Waals surface area contributed by atoms with Gasteiger partial charge in [-0.1, -0.05) is 29.8 Å². The van der Waals surface area contributed by atoms with E-state index in [0.29, 0.717) is 23.7 Å². The summed E-state index contributed by atoms with van der Waals surface area (Å²) in [6.07, 6.45) is 0. The monoisotopic (exact) mass is 380 g/mol. The Morgan fingerprint density at radius 1 is 1.08 bits per heavy atom. The summed E-state index contributed by atoms with van der Waals surface area (Å²) in [5.74, 6) is -0.0314. The van der Waals surface area contributed by atoms with Crippen LogP contribution in [0.25, 0.3) is 0 Å². The highest BCUT2D eigenvalue weighted by atomic mass is 35.5.